The lowest BCUT2D eigenvalue weighted by Crippen LogP contribution is -2.34. The van der Waals surface area contributed by atoms with Crippen LogP contribution < -0.4 is 4.90 Å². The van der Waals surface area contributed by atoms with Crippen LogP contribution in [0.2, 0.25) is 0 Å². The maximum Gasteiger partial charge on any atom is 0.225 e. The topological polar surface area (TPSA) is 46.8 Å². The molecular formula is C12H15N5. The van der Waals surface area contributed by atoms with Gasteiger partial charge >= 0.3 is 0 Å². The van der Waals surface area contributed by atoms with E-state index >= 15 is 0 Å². The molecule has 3 heterocycles. The van der Waals surface area contributed by atoms with Crippen molar-refractivity contribution in [2.75, 3.05) is 11.4 Å². The van der Waals surface area contributed by atoms with Crippen LogP contribution in [-0.2, 0) is 6.54 Å². The molecule has 5 nitrogen and oxygen atoms in total. The summed E-state index contributed by atoms with van der Waals surface area (Å²) in [7, 11) is 0. The summed E-state index contributed by atoms with van der Waals surface area (Å²) in [6, 6.07) is 4.26. The lowest BCUT2D eigenvalue weighted by molar-refractivity contribution is 0.505. The number of rotatable bonds is 3. The van der Waals surface area contributed by atoms with Crippen LogP contribution in [0.25, 0.3) is 0 Å². The molecule has 3 rings (SSSR count). The van der Waals surface area contributed by atoms with Crippen molar-refractivity contribution in [1.82, 2.24) is 19.7 Å². The summed E-state index contributed by atoms with van der Waals surface area (Å²) in [5.41, 5.74) is 0. The van der Waals surface area contributed by atoms with E-state index in [4.69, 9.17) is 0 Å². The van der Waals surface area contributed by atoms with Crippen molar-refractivity contribution in [2.45, 2.75) is 25.4 Å². The van der Waals surface area contributed by atoms with E-state index in [9.17, 15) is 0 Å². The molecule has 1 aliphatic rings. The largest absolute Gasteiger partial charge is 0.336 e. The fourth-order valence-electron chi connectivity index (χ4n) is 2.35. The lowest BCUT2D eigenvalue weighted by atomic mass is 10.2. The Bertz CT molecular complexity index is 453. The van der Waals surface area contributed by atoms with Gasteiger partial charge in [0.2, 0.25) is 5.95 Å². The molecule has 0 N–H and O–H groups in total. The molecule has 17 heavy (non-hydrogen) atoms. The third kappa shape index (κ3) is 2.13. The number of aromatic nitrogens is 4. The molecular weight excluding hydrogens is 214 g/mol. The summed E-state index contributed by atoms with van der Waals surface area (Å²) in [6.07, 6.45) is 9.79. The first kappa shape index (κ1) is 10.3. The van der Waals surface area contributed by atoms with E-state index in [-0.39, 0.29) is 0 Å². The Balaban J connectivity index is 1.76. The fourth-order valence-corrected chi connectivity index (χ4v) is 2.35. The van der Waals surface area contributed by atoms with Crippen LogP contribution in [0.1, 0.15) is 12.8 Å². The van der Waals surface area contributed by atoms with E-state index in [1.165, 1.54) is 12.8 Å². The molecule has 0 amide bonds. The number of nitrogens with zero attached hydrogens (tertiary/aromatic N) is 5. The van der Waals surface area contributed by atoms with Gasteiger partial charge in [-0.3, -0.25) is 4.68 Å². The van der Waals surface area contributed by atoms with Gasteiger partial charge in [0.15, 0.2) is 0 Å². The molecule has 88 valence electrons. The number of hydrogen-bond acceptors (Lipinski definition) is 4. The third-order valence-electron chi connectivity index (χ3n) is 3.14. The van der Waals surface area contributed by atoms with Gasteiger partial charge in [0.25, 0.3) is 0 Å². The van der Waals surface area contributed by atoms with E-state index in [0.717, 1.165) is 19.0 Å². The van der Waals surface area contributed by atoms with Gasteiger partial charge in [-0.1, -0.05) is 0 Å². The first-order valence-electron chi connectivity index (χ1n) is 5.94. The fraction of sp³-hybridized carbons (Fsp3) is 0.417. The molecule has 0 bridgehead atoms. The predicted octanol–water partition coefficient (Wildman–Crippen LogP) is 1.34. The van der Waals surface area contributed by atoms with Gasteiger partial charge in [-0.05, 0) is 25.0 Å². The predicted molar refractivity (Wildman–Crippen MR) is 64.6 cm³/mol. The summed E-state index contributed by atoms with van der Waals surface area (Å²) in [5.74, 6) is 0.835. The lowest BCUT2D eigenvalue weighted by Gasteiger charge is -2.24. The van der Waals surface area contributed by atoms with Gasteiger partial charge in [0.05, 0.1) is 12.6 Å². The normalized spacial score (nSPS) is 19.8. The maximum atomic E-state index is 4.33. The Morgan fingerprint density at radius 3 is 2.82 bits per heavy atom. The van der Waals surface area contributed by atoms with Gasteiger partial charge in [-0.2, -0.15) is 5.10 Å². The quantitative estimate of drug-likeness (QED) is 0.797. The van der Waals surface area contributed by atoms with Crippen LogP contribution in [0.4, 0.5) is 5.95 Å². The molecule has 1 unspecified atom stereocenters. The van der Waals surface area contributed by atoms with Gasteiger partial charge in [0.1, 0.15) is 0 Å². The Hall–Kier alpha value is -1.91. The van der Waals surface area contributed by atoms with Crippen molar-refractivity contribution in [1.29, 1.82) is 0 Å². The third-order valence-corrected chi connectivity index (χ3v) is 3.14. The van der Waals surface area contributed by atoms with E-state index in [1.807, 2.05) is 29.2 Å². The standard InChI is InChI=1S/C12H15N5/c1-4-11(10-16-8-3-7-15-16)17(9-1)12-13-5-2-6-14-12/h2-3,5-8,11H,1,4,9-10H2. The van der Waals surface area contributed by atoms with Crippen molar-refractivity contribution in [3.63, 3.8) is 0 Å². The van der Waals surface area contributed by atoms with Crippen LogP contribution >= 0.6 is 0 Å². The van der Waals surface area contributed by atoms with Crippen molar-refractivity contribution in [2.24, 2.45) is 0 Å². The van der Waals surface area contributed by atoms with E-state index in [2.05, 4.69) is 20.0 Å². The van der Waals surface area contributed by atoms with Gasteiger partial charge in [-0.25, -0.2) is 9.97 Å². The molecule has 0 spiro atoms. The Morgan fingerprint density at radius 1 is 1.18 bits per heavy atom. The number of anilines is 1. The van der Waals surface area contributed by atoms with Gasteiger partial charge in [0, 0.05) is 31.3 Å². The summed E-state index contributed by atoms with van der Waals surface area (Å²) in [5, 5.41) is 4.26. The first-order chi connectivity index (χ1) is 8.43. The minimum atomic E-state index is 0.456. The SMILES string of the molecule is c1cnc(N2CCCC2Cn2cccn2)nc1. The summed E-state index contributed by atoms with van der Waals surface area (Å²) >= 11 is 0. The molecule has 0 aliphatic carbocycles. The monoisotopic (exact) mass is 229 g/mol. The zero-order valence-electron chi connectivity index (χ0n) is 9.61. The van der Waals surface area contributed by atoms with Crippen LogP contribution in [0.15, 0.2) is 36.9 Å². The van der Waals surface area contributed by atoms with Crippen molar-refractivity contribution >= 4 is 5.95 Å². The average molecular weight is 229 g/mol. The zero-order chi connectivity index (χ0) is 11.5. The Labute approximate surface area is 100 Å². The van der Waals surface area contributed by atoms with Crippen molar-refractivity contribution in [3.8, 4) is 0 Å². The van der Waals surface area contributed by atoms with E-state index < -0.39 is 0 Å². The Kier molecular flexibility index (Phi) is 2.73. The highest BCUT2D eigenvalue weighted by Gasteiger charge is 2.26. The molecule has 2 aromatic heterocycles. The molecule has 2 aromatic rings. The van der Waals surface area contributed by atoms with Gasteiger partial charge < -0.3 is 4.90 Å². The molecule has 0 aromatic carbocycles. The molecule has 1 aliphatic heterocycles. The molecule has 0 radical (unpaired) electrons. The first-order valence-corrected chi connectivity index (χ1v) is 5.94. The molecule has 1 saturated heterocycles. The molecule has 1 fully saturated rings. The van der Waals surface area contributed by atoms with Crippen LogP contribution in [-0.4, -0.2) is 32.3 Å². The summed E-state index contributed by atoms with van der Waals surface area (Å²) in [4.78, 5) is 10.9. The van der Waals surface area contributed by atoms with Crippen LogP contribution in [0, 0.1) is 0 Å². The summed E-state index contributed by atoms with van der Waals surface area (Å²) in [6.45, 7) is 1.95. The maximum absolute atomic E-state index is 4.33. The summed E-state index contributed by atoms with van der Waals surface area (Å²) < 4.78 is 1.98. The van der Waals surface area contributed by atoms with Crippen LogP contribution in [0.3, 0.4) is 0 Å². The average Bonchev–Trinajstić information content (AvgIpc) is 3.02. The van der Waals surface area contributed by atoms with Crippen molar-refractivity contribution in [3.05, 3.63) is 36.9 Å². The van der Waals surface area contributed by atoms with E-state index in [1.54, 1.807) is 12.4 Å². The highest BCUT2D eigenvalue weighted by atomic mass is 15.3. The zero-order valence-corrected chi connectivity index (χ0v) is 9.61. The van der Waals surface area contributed by atoms with Crippen LogP contribution in [0.5, 0.6) is 0 Å². The minimum absolute atomic E-state index is 0.456. The van der Waals surface area contributed by atoms with Gasteiger partial charge in [-0.15, -0.1) is 0 Å². The highest BCUT2D eigenvalue weighted by Crippen LogP contribution is 2.22. The second-order valence-electron chi connectivity index (χ2n) is 4.27. The minimum Gasteiger partial charge on any atom is -0.336 e. The molecule has 5 heteroatoms. The second-order valence-corrected chi connectivity index (χ2v) is 4.27. The highest BCUT2D eigenvalue weighted by molar-refractivity contribution is 5.32. The van der Waals surface area contributed by atoms with Crippen molar-refractivity contribution < 1.29 is 0 Å². The Morgan fingerprint density at radius 2 is 2.06 bits per heavy atom. The smallest absolute Gasteiger partial charge is 0.225 e. The van der Waals surface area contributed by atoms with E-state index in [0.29, 0.717) is 6.04 Å². The molecule has 0 saturated carbocycles. The number of hydrogen-bond donors (Lipinski definition) is 0. The second kappa shape index (κ2) is 4.53. The molecule has 1 atom stereocenters.